The van der Waals surface area contributed by atoms with Gasteiger partial charge in [0.05, 0.1) is 11.4 Å². The molecule has 1 saturated heterocycles. The summed E-state index contributed by atoms with van der Waals surface area (Å²) < 4.78 is 5.47. The van der Waals surface area contributed by atoms with Crippen LogP contribution in [0.25, 0.3) is 0 Å². The predicted octanol–water partition coefficient (Wildman–Crippen LogP) is 2.49. The van der Waals surface area contributed by atoms with Gasteiger partial charge in [-0.15, -0.1) is 0 Å². The monoisotopic (exact) mass is 232 g/mol. The first kappa shape index (κ1) is 10.9. The molecule has 92 valence electrons. The van der Waals surface area contributed by atoms with Crippen molar-refractivity contribution in [2.75, 3.05) is 36.5 Å². The van der Waals surface area contributed by atoms with E-state index >= 15 is 0 Å². The zero-order valence-electron chi connectivity index (χ0n) is 10.2. The number of para-hydroxylation sites is 2. The molecule has 1 N–H and O–H groups in total. The molecule has 1 aromatic carbocycles. The minimum Gasteiger partial charge on any atom is -0.383 e. The van der Waals surface area contributed by atoms with Crippen LogP contribution in [0.5, 0.6) is 0 Å². The lowest BCUT2D eigenvalue weighted by Crippen LogP contribution is -2.40. The molecule has 1 fully saturated rings. The zero-order valence-corrected chi connectivity index (χ0v) is 10.2. The van der Waals surface area contributed by atoms with Gasteiger partial charge in [0.1, 0.15) is 0 Å². The molecule has 0 atom stereocenters. The average Bonchev–Trinajstić information content (AvgIpc) is 2.62. The molecule has 0 saturated carbocycles. The van der Waals surface area contributed by atoms with E-state index in [0.717, 1.165) is 39.1 Å². The summed E-state index contributed by atoms with van der Waals surface area (Å²) in [6.07, 6.45) is 3.54. The standard InChI is InChI=1S/C14H20N2O/c1-2-5-14-13(4-1)15-8-3-9-16(14)12-6-10-17-11-7-12/h1-2,4-5,12,15H,3,6-11H2. The summed E-state index contributed by atoms with van der Waals surface area (Å²) in [5.74, 6) is 0. The van der Waals surface area contributed by atoms with Crippen molar-refractivity contribution in [3.8, 4) is 0 Å². The van der Waals surface area contributed by atoms with Crippen molar-refractivity contribution in [3.63, 3.8) is 0 Å². The van der Waals surface area contributed by atoms with Gasteiger partial charge in [0.2, 0.25) is 0 Å². The van der Waals surface area contributed by atoms with Crippen molar-refractivity contribution < 1.29 is 4.74 Å². The highest BCUT2D eigenvalue weighted by Crippen LogP contribution is 2.31. The normalized spacial score (nSPS) is 21.5. The lowest BCUT2D eigenvalue weighted by molar-refractivity contribution is 0.0845. The second kappa shape index (κ2) is 4.96. The summed E-state index contributed by atoms with van der Waals surface area (Å²) in [5, 5.41) is 3.52. The second-order valence-electron chi connectivity index (χ2n) is 4.83. The number of benzene rings is 1. The van der Waals surface area contributed by atoms with Crippen LogP contribution in [0.15, 0.2) is 24.3 Å². The Morgan fingerprint density at radius 2 is 2.00 bits per heavy atom. The van der Waals surface area contributed by atoms with Gasteiger partial charge in [-0.2, -0.15) is 0 Å². The van der Waals surface area contributed by atoms with Gasteiger partial charge in [-0.25, -0.2) is 0 Å². The van der Waals surface area contributed by atoms with E-state index in [9.17, 15) is 0 Å². The van der Waals surface area contributed by atoms with Gasteiger partial charge in [-0.1, -0.05) is 12.1 Å². The molecule has 0 bridgehead atoms. The molecule has 3 rings (SSSR count). The first-order valence-electron chi connectivity index (χ1n) is 6.62. The van der Waals surface area contributed by atoms with Crippen LogP contribution in [0.1, 0.15) is 19.3 Å². The van der Waals surface area contributed by atoms with Crippen LogP contribution < -0.4 is 10.2 Å². The highest BCUT2D eigenvalue weighted by atomic mass is 16.5. The van der Waals surface area contributed by atoms with Crippen molar-refractivity contribution >= 4 is 11.4 Å². The van der Waals surface area contributed by atoms with Gasteiger partial charge < -0.3 is 15.0 Å². The maximum atomic E-state index is 5.47. The van der Waals surface area contributed by atoms with Gasteiger partial charge in [0.15, 0.2) is 0 Å². The highest BCUT2D eigenvalue weighted by molar-refractivity contribution is 5.71. The zero-order chi connectivity index (χ0) is 11.5. The third kappa shape index (κ3) is 2.25. The summed E-state index contributed by atoms with van der Waals surface area (Å²) in [7, 11) is 0. The lowest BCUT2D eigenvalue weighted by atomic mass is 10.1. The maximum absolute atomic E-state index is 5.47. The average molecular weight is 232 g/mol. The molecule has 3 nitrogen and oxygen atoms in total. The van der Waals surface area contributed by atoms with Crippen molar-refractivity contribution in [1.82, 2.24) is 0 Å². The number of nitrogens with one attached hydrogen (secondary N) is 1. The maximum Gasteiger partial charge on any atom is 0.0604 e. The molecule has 0 aromatic heterocycles. The molecule has 17 heavy (non-hydrogen) atoms. The molecule has 2 aliphatic rings. The van der Waals surface area contributed by atoms with E-state index in [1.807, 2.05) is 0 Å². The minimum absolute atomic E-state index is 0.657. The van der Waals surface area contributed by atoms with Crippen molar-refractivity contribution in [3.05, 3.63) is 24.3 Å². The predicted molar refractivity (Wildman–Crippen MR) is 70.7 cm³/mol. The fourth-order valence-electron chi connectivity index (χ4n) is 2.84. The third-order valence-electron chi connectivity index (χ3n) is 3.74. The number of anilines is 2. The molecule has 3 heteroatoms. The second-order valence-corrected chi connectivity index (χ2v) is 4.83. The number of fused-ring (bicyclic) bond motifs is 1. The van der Waals surface area contributed by atoms with E-state index in [0.29, 0.717) is 6.04 Å². The number of ether oxygens (including phenoxy) is 1. The Kier molecular flexibility index (Phi) is 3.18. The molecular formula is C14H20N2O. The summed E-state index contributed by atoms with van der Waals surface area (Å²) in [4.78, 5) is 2.58. The van der Waals surface area contributed by atoms with Crippen LogP contribution in [0, 0.1) is 0 Å². The third-order valence-corrected chi connectivity index (χ3v) is 3.74. The molecule has 2 heterocycles. The SMILES string of the molecule is c1ccc2c(c1)NCCCN2C1CCOCC1. The quantitative estimate of drug-likeness (QED) is 0.805. The van der Waals surface area contributed by atoms with E-state index in [-0.39, 0.29) is 0 Å². The van der Waals surface area contributed by atoms with E-state index in [1.165, 1.54) is 17.8 Å². The van der Waals surface area contributed by atoms with Gasteiger partial charge in [-0.3, -0.25) is 0 Å². The Balaban J connectivity index is 1.88. The minimum atomic E-state index is 0.657. The van der Waals surface area contributed by atoms with E-state index < -0.39 is 0 Å². The Bertz CT molecular complexity index is 374. The van der Waals surface area contributed by atoms with Gasteiger partial charge in [0.25, 0.3) is 0 Å². The van der Waals surface area contributed by atoms with Crippen LogP contribution in [0.4, 0.5) is 11.4 Å². The Labute approximate surface area is 103 Å². The fourth-order valence-corrected chi connectivity index (χ4v) is 2.84. The highest BCUT2D eigenvalue weighted by Gasteiger charge is 2.24. The van der Waals surface area contributed by atoms with Gasteiger partial charge >= 0.3 is 0 Å². The van der Waals surface area contributed by atoms with E-state index in [2.05, 4.69) is 34.5 Å². The van der Waals surface area contributed by atoms with Crippen molar-refractivity contribution in [2.24, 2.45) is 0 Å². The smallest absolute Gasteiger partial charge is 0.0604 e. The Morgan fingerprint density at radius 1 is 1.18 bits per heavy atom. The fraction of sp³-hybridized carbons (Fsp3) is 0.571. The van der Waals surface area contributed by atoms with Crippen LogP contribution in [0.2, 0.25) is 0 Å². The number of hydrogen-bond donors (Lipinski definition) is 1. The first-order valence-corrected chi connectivity index (χ1v) is 6.62. The van der Waals surface area contributed by atoms with Crippen LogP contribution in [-0.2, 0) is 4.74 Å². The summed E-state index contributed by atoms with van der Waals surface area (Å²) >= 11 is 0. The van der Waals surface area contributed by atoms with E-state index in [4.69, 9.17) is 4.74 Å². The summed E-state index contributed by atoms with van der Waals surface area (Å²) in [6.45, 7) is 4.07. The number of hydrogen-bond acceptors (Lipinski definition) is 3. The lowest BCUT2D eigenvalue weighted by Gasteiger charge is -2.35. The summed E-state index contributed by atoms with van der Waals surface area (Å²) in [6, 6.07) is 9.33. The molecule has 0 amide bonds. The van der Waals surface area contributed by atoms with Gasteiger partial charge in [0, 0.05) is 32.3 Å². The molecule has 0 radical (unpaired) electrons. The summed E-state index contributed by atoms with van der Waals surface area (Å²) in [5.41, 5.74) is 2.66. The molecule has 0 spiro atoms. The Hall–Kier alpha value is -1.22. The van der Waals surface area contributed by atoms with Crippen molar-refractivity contribution in [2.45, 2.75) is 25.3 Å². The first-order chi connectivity index (χ1) is 8.45. The van der Waals surface area contributed by atoms with E-state index in [1.54, 1.807) is 0 Å². The van der Waals surface area contributed by atoms with Crippen LogP contribution in [0.3, 0.4) is 0 Å². The van der Waals surface area contributed by atoms with Gasteiger partial charge in [-0.05, 0) is 31.4 Å². The topological polar surface area (TPSA) is 24.5 Å². The molecular weight excluding hydrogens is 212 g/mol. The molecule has 0 aliphatic carbocycles. The largest absolute Gasteiger partial charge is 0.383 e. The molecule has 2 aliphatic heterocycles. The molecule has 1 aromatic rings. The van der Waals surface area contributed by atoms with Crippen LogP contribution in [-0.4, -0.2) is 32.3 Å². The number of nitrogens with zero attached hydrogens (tertiary/aromatic N) is 1. The number of rotatable bonds is 1. The Morgan fingerprint density at radius 3 is 2.88 bits per heavy atom. The van der Waals surface area contributed by atoms with Crippen LogP contribution >= 0.6 is 0 Å². The van der Waals surface area contributed by atoms with Crippen molar-refractivity contribution in [1.29, 1.82) is 0 Å². The molecule has 0 unspecified atom stereocenters.